The van der Waals surface area contributed by atoms with Crippen molar-refractivity contribution in [2.45, 2.75) is 17.6 Å². The number of halogens is 5. The fourth-order valence-corrected chi connectivity index (χ4v) is 3.85. The van der Waals surface area contributed by atoms with E-state index in [2.05, 4.69) is 20.7 Å². The van der Waals surface area contributed by atoms with E-state index in [-0.39, 0.29) is 10.5 Å². The molecule has 23 heavy (non-hydrogen) atoms. The second kappa shape index (κ2) is 6.58. The Morgan fingerprint density at radius 1 is 1.09 bits per heavy atom. The molecule has 1 N–H and O–H groups in total. The van der Waals surface area contributed by atoms with Crippen LogP contribution in [0.5, 0.6) is 0 Å². The van der Waals surface area contributed by atoms with E-state index < -0.39 is 34.1 Å². The van der Waals surface area contributed by atoms with Gasteiger partial charge in [0.15, 0.2) is 0 Å². The Morgan fingerprint density at radius 3 is 2.35 bits per heavy atom. The monoisotopic (exact) mass is 411 g/mol. The minimum atomic E-state index is -4.71. The molecule has 2 rings (SSSR count). The van der Waals surface area contributed by atoms with Gasteiger partial charge in [-0.1, -0.05) is 12.1 Å². The topological polar surface area (TPSA) is 46.2 Å². The lowest BCUT2D eigenvalue weighted by molar-refractivity contribution is -0.137. The maximum Gasteiger partial charge on any atom is 0.416 e. The fraction of sp³-hybridized carbons (Fsp3) is 0.143. The number of hydrogen-bond acceptors (Lipinski definition) is 2. The molecule has 0 bridgehead atoms. The first-order valence-corrected chi connectivity index (χ1v) is 8.48. The average molecular weight is 412 g/mol. The molecular formula is C14H10BrF4NO2S. The fourth-order valence-electron chi connectivity index (χ4n) is 1.83. The van der Waals surface area contributed by atoms with Gasteiger partial charge in [0.1, 0.15) is 5.82 Å². The van der Waals surface area contributed by atoms with E-state index in [9.17, 15) is 26.0 Å². The van der Waals surface area contributed by atoms with Gasteiger partial charge in [-0.2, -0.15) is 13.2 Å². The molecule has 0 atom stereocenters. The summed E-state index contributed by atoms with van der Waals surface area (Å²) in [4.78, 5) is -0.0625. The molecule has 0 aliphatic rings. The van der Waals surface area contributed by atoms with Crippen LogP contribution in [0.4, 0.5) is 17.6 Å². The van der Waals surface area contributed by atoms with Gasteiger partial charge >= 0.3 is 6.18 Å². The normalized spacial score (nSPS) is 12.4. The number of benzene rings is 2. The third kappa shape index (κ3) is 4.52. The van der Waals surface area contributed by atoms with E-state index in [0.717, 1.165) is 6.07 Å². The summed E-state index contributed by atoms with van der Waals surface area (Å²) in [7, 11) is -3.95. The van der Waals surface area contributed by atoms with Crippen molar-refractivity contribution in [2.24, 2.45) is 0 Å². The highest BCUT2D eigenvalue weighted by atomic mass is 79.9. The highest BCUT2D eigenvalue weighted by molar-refractivity contribution is 9.10. The van der Waals surface area contributed by atoms with Gasteiger partial charge in [0.25, 0.3) is 0 Å². The first kappa shape index (κ1) is 17.9. The predicted molar refractivity (Wildman–Crippen MR) is 79.6 cm³/mol. The SMILES string of the molecule is O=S(=O)(NCc1cc(F)cc(C(F)(F)F)c1)c1ccccc1Br. The molecule has 0 radical (unpaired) electrons. The van der Waals surface area contributed by atoms with Gasteiger partial charge in [0.2, 0.25) is 10.0 Å². The highest BCUT2D eigenvalue weighted by Gasteiger charge is 2.31. The van der Waals surface area contributed by atoms with Crippen LogP contribution in [0.2, 0.25) is 0 Å². The molecule has 0 heterocycles. The molecule has 0 fully saturated rings. The molecule has 124 valence electrons. The number of sulfonamides is 1. The Bertz CT molecular complexity index is 822. The summed E-state index contributed by atoms with van der Waals surface area (Å²) in [5.74, 6) is -1.09. The Balaban J connectivity index is 2.24. The van der Waals surface area contributed by atoms with Crippen molar-refractivity contribution in [3.8, 4) is 0 Å². The number of nitrogens with one attached hydrogen (secondary N) is 1. The van der Waals surface area contributed by atoms with Gasteiger partial charge in [-0.05, 0) is 51.8 Å². The summed E-state index contributed by atoms with van der Waals surface area (Å²) >= 11 is 3.08. The van der Waals surface area contributed by atoms with Gasteiger partial charge in [0.05, 0.1) is 10.5 Å². The first-order chi connectivity index (χ1) is 10.6. The van der Waals surface area contributed by atoms with Crippen LogP contribution >= 0.6 is 15.9 Å². The summed E-state index contributed by atoms with van der Waals surface area (Å²) in [6.45, 7) is -0.468. The summed E-state index contributed by atoms with van der Waals surface area (Å²) in [6.07, 6.45) is -4.71. The van der Waals surface area contributed by atoms with E-state index in [1.807, 2.05) is 0 Å². The van der Waals surface area contributed by atoms with Gasteiger partial charge in [-0.3, -0.25) is 0 Å². The van der Waals surface area contributed by atoms with Crippen LogP contribution < -0.4 is 4.72 Å². The van der Waals surface area contributed by atoms with Crippen LogP contribution in [-0.2, 0) is 22.7 Å². The lowest BCUT2D eigenvalue weighted by Gasteiger charge is -2.11. The van der Waals surface area contributed by atoms with E-state index in [0.29, 0.717) is 16.6 Å². The molecule has 9 heteroatoms. The summed E-state index contributed by atoms with van der Waals surface area (Å²) in [6, 6.07) is 7.86. The minimum Gasteiger partial charge on any atom is -0.207 e. The van der Waals surface area contributed by atoms with E-state index in [1.165, 1.54) is 18.2 Å². The van der Waals surface area contributed by atoms with Crippen molar-refractivity contribution in [1.82, 2.24) is 4.72 Å². The number of rotatable bonds is 4. The Hall–Kier alpha value is -1.45. The third-order valence-electron chi connectivity index (χ3n) is 2.88. The van der Waals surface area contributed by atoms with E-state index in [4.69, 9.17) is 0 Å². The number of hydrogen-bond donors (Lipinski definition) is 1. The summed E-state index contributed by atoms with van der Waals surface area (Å²) in [5.41, 5.74) is -1.31. The smallest absolute Gasteiger partial charge is 0.207 e. The molecule has 0 aliphatic heterocycles. The largest absolute Gasteiger partial charge is 0.416 e. The van der Waals surface area contributed by atoms with Gasteiger partial charge in [-0.15, -0.1) is 0 Å². The molecule has 3 nitrogen and oxygen atoms in total. The van der Waals surface area contributed by atoms with Crippen molar-refractivity contribution < 1.29 is 26.0 Å². The molecule has 0 saturated heterocycles. The molecule has 0 amide bonds. The lowest BCUT2D eigenvalue weighted by atomic mass is 10.1. The van der Waals surface area contributed by atoms with Crippen molar-refractivity contribution in [3.05, 3.63) is 63.9 Å². The molecule has 0 unspecified atom stereocenters. The number of alkyl halides is 3. The second-order valence-corrected chi connectivity index (χ2v) is 7.19. The quantitative estimate of drug-likeness (QED) is 0.770. The summed E-state index contributed by atoms with van der Waals surface area (Å²) < 4.78 is 77.9. The molecular weight excluding hydrogens is 402 g/mol. The van der Waals surface area contributed by atoms with E-state index in [1.54, 1.807) is 6.07 Å². The second-order valence-electron chi connectivity index (χ2n) is 4.60. The van der Waals surface area contributed by atoms with Crippen LogP contribution in [0.25, 0.3) is 0 Å². The molecule has 2 aromatic carbocycles. The van der Waals surface area contributed by atoms with E-state index >= 15 is 0 Å². The summed E-state index contributed by atoms with van der Waals surface area (Å²) in [5, 5.41) is 0. The zero-order valence-electron chi connectivity index (χ0n) is 11.4. The maximum absolute atomic E-state index is 13.3. The van der Waals surface area contributed by atoms with Crippen LogP contribution in [0.1, 0.15) is 11.1 Å². The zero-order chi connectivity index (χ0) is 17.3. The van der Waals surface area contributed by atoms with Crippen LogP contribution in [0, 0.1) is 5.82 Å². The predicted octanol–water partition coefficient (Wildman–Crippen LogP) is 4.09. The Kier molecular flexibility index (Phi) is 5.12. The average Bonchev–Trinajstić information content (AvgIpc) is 2.44. The third-order valence-corrected chi connectivity index (χ3v) is 5.29. The van der Waals surface area contributed by atoms with Crippen LogP contribution in [-0.4, -0.2) is 8.42 Å². The molecule has 0 aliphatic carbocycles. The van der Waals surface area contributed by atoms with Crippen molar-refractivity contribution in [2.75, 3.05) is 0 Å². The van der Waals surface area contributed by atoms with Gasteiger partial charge in [-0.25, -0.2) is 17.5 Å². The maximum atomic E-state index is 13.3. The van der Waals surface area contributed by atoms with Crippen molar-refractivity contribution in [1.29, 1.82) is 0 Å². The van der Waals surface area contributed by atoms with Gasteiger partial charge in [0, 0.05) is 11.0 Å². The van der Waals surface area contributed by atoms with Crippen LogP contribution in [0.15, 0.2) is 51.8 Å². The lowest BCUT2D eigenvalue weighted by Crippen LogP contribution is -2.24. The van der Waals surface area contributed by atoms with Crippen molar-refractivity contribution in [3.63, 3.8) is 0 Å². The Morgan fingerprint density at radius 2 is 1.74 bits per heavy atom. The van der Waals surface area contributed by atoms with Crippen LogP contribution in [0.3, 0.4) is 0 Å². The standard InChI is InChI=1S/C14H10BrF4NO2S/c15-12-3-1-2-4-13(12)23(21,22)20-8-9-5-10(14(17,18)19)7-11(16)6-9/h1-7,20H,8H2. The molecule has 0 saturated carbocycles. The zero-order valence-corrected chi connectivity index (χ0v) is 13.8. The van der Waals surface area contributed by atoms with Gasteiger partial charge < -0.3 is 0 Å². The first-order valence-electron chi connectivity index (χ1n) is 6.20. The molecule has 2 aromatic rings. The highest BCUT2D eigenvalue weighted by Crippen LogP contribution is 2.30. The molecule has 0 spiro atoms. The Labute approximate surface area is 138 Å². The minimum absolute atomic E-state index is 0.0625. The van der Waals surface area contributed by atoms with Crippen molar-refractivity contribution >= 4 is 26.0 Å². The molecule has 0 aromatic heterocycles.